The lowest BCUT2D eigenvalue weighted by molar-refractivity contribution is -0.129. The van der Waals surface area contributed by atoms with Crippen molar-refractivity contribution in [3.63, 3.8) is 0 Å². The Bertz CT molecular complexity index is 951. The van der Waals surface area contributed by atoms with Crippen LogP contribution in [0.2, 0.25) is 0 Å². The highest BCUT2D eigenvalue weighted by Crippen LogP contribution is 2.33. The number of hydrogen-bond donors (Lipinski definition) is 5. The number of thioether (sulfide) groups is 1. The molecule has 0 bridgehead atoms. The van der Waals surface area contributed by atoms with Crippen LogP contribution in [0.15, 0.2) is 42.3 Å². The smallest absolute Gasteiger partial charge is 0.389 e. The minimum Gasteiger partial charge on any atom is -0.504 e. The molecule has 0 unspecified atom stereocenters. The molecule has 1 aromatic carbocycles. The van der Waals surface area contributed by atoms with Crippen LogP contribution in [0.5, 0.6) is 0 Å². The number of rotatable bonds is 11. The number of unbranched alkanes of at least 4 members (excludes halogenated alkanes) is 1. The van der Waals surface area contributed by atoms with E-state index < -0.39 is 18.0 Å². The monoisotopic (exact) mass is 487 g/mol. The molecule has 2 fully saturated rings. The van der Waals surface area contributed by atoms with E-state index >= 15 is 0 Å². The molecule has 2 saturated heterocycles. The molecular formula is C23H31N6O4S+. The fraction of sp³-hybridized carbons (Fsp3) is 0.522. The quantitative estimate of drug-likeness (QED) is 0.140. The second-order valence-corrected chi connectivity index (χ2v) is 9.85. The average molecular weight is 488 g/mol. The van der Waals surface area contributed by atoms with Crippen molar-refractivity contribution < 1.29 is 19.5 Å². The standard InChI is InChI=1S/C23H30N6O4S/c1-14(18(30)12-25-24)26-22(32)16(11-15-7-3-2-4-8-15)27-20(31)10-6-5-9-19-21-17(13-34-19)28-23(33)29-21/h2-4,7-8,12,14,16-17,19,21H,5-6,9-11,13H2,1H3,(H4-,26,27,28,29,30,31,32,33)/p+1/b18-12-/t14-,16-,17+,19+,21+/m1/s1. The van der Waals surface area contributed by atoms with Crippen LogP contribution < -0.4 is 21.3 Å². The van der Waals surface area contributed by atoms with Gasteiger partial charge in [-0.15, -0.1) is 0 Å². The van der Waals surface area contributed by atoms with Crippen LogP contribution in [-0.2, 0) is 16.0 Å². The zero-order valence-corrected chi connectivity index (χ0v) is 19.9. The Morgan fingerprint density at radius 3 is 2.76 bits per heavy atom. The maximum atomic E-state index is 12.8. The van der Waals surface area contributed by atoms with E-state index in [2.05, 4.69) is 26.2 Å². The van der Waals surface area contributed by atoms with Gasteiger partial charge in [0, 0.05) is 23.8 Å². The Morgan fingerprint density at radius 1 is 1.26 bits per heavy atom. The summed E-state index contributed by atoms with van der Waals surface area (Å²) in [4.78, 5) is 39.7. The summed E-state index contributed by atoms with van der Waals surface area (Å²) in [5.74, 6) is -0.0659. The van der Waals surface area contributed by atoms with Crippen LogP contribution in [-0.4, -0.2) is 58.1 Å². The van der Waals surface area contributed by atoms with Crippen molar-refractivity contribution in [2.75, 3.05) is 5.75 Å². The number of aliphatic hydroxyl groups excluding tert-OH is 1. The lowest BCUT2D eigenvalue weighted by Gasteiger charge is -2.21. The summed E-state index contributed by atoms with van der Waals surface area (Å²) in [5, 5.41) is 30.1. The molecule has 2 heterocycles. The van der Waals surface area contributed by atoms with Crippen LogP contribution in [0.4, 0.5) is 4.79 Å². The van der Waals surface area contributed by atoms with Gasteiger partial charge >= 0.3 is 12.2 Å². The predicted octanol–water partition coefficient (Wildman–Crippen LogP) is 2.20. The summed E-state index contributed by atoms with van der Waals surface area (Å²) in [6.07, 6.45) is 3.87. The molecule has 1 aromatic rings. The van der Waals surface area contributed by atoms with Gasteiger partial charge < -0.3 is 26.4 Å². The molecule has 0 saturated carbocycles. The molecule has 5 atom stereocenters. The summed E-state index contributed by atoms with van der Waals surface area (Å²) >= 11 is 1.84. The third-order valence-corrected chi connectivity index (χ3v) is 7.52. The Labute approximate surface area is 202 Å². The Kier molecular flexibility index (Phi) is 9.16. The molecule has 0 aromatic heterocycles. The van der Waals surface area contributed by atoms with Gasteiger partial charge in [-0.25, -0.2) is 4.79 Å². The molecular weight excluding hydrogens is 456 g/mol. The third-order valence-electron chi connectivity index (χ3n) is 6.01. The number of aliphatic hydroxyl groups is 1. The van der Waals surface area contributed by atoms with E-state index in [9.17, 15) is 19.5 Å². The molecule has 2 aliphatic heterocycles. The van der Waals surface area contributed by atoms with Crippen molar-refractivity contribution in [2.24, 2.45) is 0 Å². The Balaban J connectivity index is 1.49. The summed E-state index contributed by atoms with van der Waals surface area (Å²) in [6.45, 7) is 1.55. The van der Waals surface area contributed by atoms with Gasteiger partial charge in [0.05, 0.1) is 18.1 Å². The molecule has 11 heteroatoms. The lowest BCUT2D eigenvalue weighted by atomic mass is 10.0. The zero-order chi connectivity index (χ0) is 24.5. The molecule has 4 amide bonds. The van der Waals surface area contributed by atoms with Gasteiger partial charge in [-0.1, -0.05) is 36.8 Å². The average Bonchev–Trinajstić information content (AvgIpc) is 3.36. The highest BCUT2D eigenvalue weighted by Gasteiger charge is 2.42. The highest BCUT2D eigenvalue weighted by atomic mass is 32.2. The number of nitrogens with one attached hydrogen (secondary N) is 4. The normalized spacial score (nSPS) is 23.1. The number of fused-ring (bicyclic) bond motifs is 1. The summed E-state index contributed by atoms with van der Waals surface area (Å²) in [5.41, 5.74) is 0.890. The minimum absolute atomic E-state index is 0.105. The Hall–Kier alpha value is -3.26. The third kappa shape index (κ3) is 7.12. The van der Waals surface area contributed by atoms with Crippen LogP contribution >= 0.6 is 11.8 Å². The maximum Gasteiger partial charge on any atom is 0.389 e. The SMILES string of the molecule is C[C@@H](NC(=O)[C@@H](Cc1ccccc1)NC(=O)CCCC[C@@H]1SC[C@@H]2NC(=O)N[C@@H]21)/C(O)=C/[N+]#N. The van der Waals surface area contributed by atoms with Crippen molar-refractivity contribution in [1.29, 1.82) is 5.39 Å². The van der Waals surface area contributed by atoms with E-state index in [1.165, 1.54) is 0 Å². The fourth-order valence-electron chi connectivity index (χ4n) is 4.16. The van der Waals surface area contributed by atoms with Gasteiger partial charge in [0.15, 0.2) is 4.98 Å². The van der Waals surface area contributed by atoms with Gasteiger partial charge in [0.2, 0.25) is 23.0 Å². The van der Waals surface area contributed by atoms with Crippen molar-refractivity contribution >= 4 is 29.6 Å². The van der Waals surface area contributed by atoms with Crippen molar-refractivity contribution in [1.82, 2.24) is 21.3 Å². The lowest BCUT2D eigenvalue weighted by Crippen LogP contribution is -2.50. The number of carbonyl (C=O) groups excluding carboxylic acids is 3. The largest absolute Gasteiger partial charge is 0.504 e. The molecule has 5 N–H and O–H groups in total. The predicted molar refractivity (Wildman–Crippen MR) is 129 cm³/mol. The van der Waals surface area contributed by atoms with Gasteiger partial charge in [-0.3, -0.25) is 9.59 Å². The molecule has 0 spiro atoms. The molecule has 34 heavy (non-hydrogen) atoms. The number of carbonyl (C=O) groups is 3. The second kappa shape index (κ2) is 12.3. The summed E-state index contributed by atoms with van der Waals surface area (Å²) in [6, 6.07) is 7.98. The van der Waals surface area contributed by atoms with Crippen LogP contribution in [0, 0.1) is 5.39 Å². The van der Waals surface area contributed by atoms with E-state index in [-0.39, 0.29) is 29.8 Å². The number of urea groups is 1. The van der Waals surface area contributed by atoms with Gasteiger partial charge in [0.1, 0.15) is 6.04 Å². The highest BCUT2D eigenvalue weighted by molar-refractivity contribution is 8.00. The molecule has 0 radical (unpaired) electrons. The Morgan fingerprint density at radius 2 is 2.03 bits per heavy atom. The first-order valence-electron chi connectivity index (χ1n) is 11.4. The maximum absolute atomic E-state index is 12.8. The molecule has 3 rings (SSSR count). The second-order valence-electron chi connectivity index (χ2n) is 8.58. The van der Waals surface area contributed by atoms with Gasteiger partial charge in [0.25, 0.3) is 0 Å². The number of diazo groups is 1. The number of nitrogens with zero attached hydrogens (tertiary/aromatic N) is 2. The summed E-state index contributed by atoms with van der Waals surface area (Å²) < 4.78 is 0. The molecule has 10 nitrogen and oxygen atoms in total. The van der Waals surface area contributed by atoms with E-state index in [1.54, 1.807) is 6.92 Å². The number of amides is 4. The van der Waals surface area contributed by atoms with Crippen LogP contribution in [0.3, 0.4) is 0 Å². The van der Waals surface area contributed by atoms with E-state index in [4.69, 9.17) is 5.39 Å². The number of hydrogen-bond acceptors (Lipinski definition) is 6. The molecule has 2 aliphatic rings. The van der Waals surface area contributed by atoms with Crippen molar-refractivity contribution in [2.45, 2.75) is 68.4 Å². The van der Waals surface area contributed by atoms with E-state index in [0.717, 1.165) is 30.4 Å². The van der Waals surface area contributed by atoms with E-state index in [0.29, 0.717) is 24.5 Å². The number of benzene rings is 1. The summed E-state index contributed by atoms with van der Waals surface area (Å²) in [7, 11) is 0. The topological polar surface area (TPSA) is 148 Å². The molecule has 182 valence electrons. The zero-order valence-electron chi connectivity index (χ0n) is 19.1. The van der Waals surface area contributed by atoms with Gasteiger partial charge in [-0.2, -0.15) is 11.8 Å². The van der Waals surface area contributed by atoms with E-state index in [1.807, 2.05) is 42.1 Å². The fourth-order valence-corrected chi connectivity index (χ4v) is 5.70. The van der Waals surface area contributed by atoms with Gasteiger partial charge in [-0.05, 0) is 25.3 Å². The van der Waals surface area contributed by atoms with Crippen molar-refractivity contribution in [3.05, 3.63) is 52.8 Å². The van der Waals surface area contributed by atoms with Crippen molar-refractivity contribution in [3.8, 4) is 0 Å². The van der Waals surface area contributed by atoms with Crippen LogP contribution in [0.1, 0.15) is 38.2 Å². The molecule has 0 aliphatic carbocycles. The minimum atomic E-state index is -0.817. The van der Waals surface area contributed by atoms with Crippen LogP contribution in [0.25, 0.3) is 4.98 Å². The first-order chi connectivity index (χ1) is 16.4. The first-order valence-corrected chi connectivity index (χ1v) is 12.5. The first kappa shape index (κ1) is 25.4.